The second-order valence-electron chi connectivity index (χ2n) is 9.39. The molecule has 0 bridgehead atoms. The number of nitrogens with one attached hydrogen (secondary N) is 1. The van der Waals surface area contributed by atoms with Crippen molar-refractivity contribution in [3.8, 4) is 0 Å². The molecular weight excluding hydrogens is 428 g/mol. The van der Waals surface area contributed by atoms with Crippen molar-refractivity contribution in [3.05, 3.63) is 0 Å². The molecule has 0 aromatic rings. The predicted octanol–water partition coefficient (Wildman–Crippen LogP) is 3.93. The van der Waals surface area contributed by atoms with Crippen LogP contribution < -0.4 is 5.32 Å². The maximum absolute atomic E-state index is 12.2. The summed E-state index contributed by atoms with van der Waals surface area (Å²) in [6.45, 7) is 6.16. The van der Waals surface area contributed by atoms with Gasteiger partial charge in [0.15, 0.2) is 0 Å². The molecule has 0 spiro atoms. The lowest BCUT2D eigenvalue weighted by atomic mass is 10.0. The van der Waals surface area contributed by atoms with E-state index in [1.807, 2.05) is 0 Å². The summed E-state index contributed by atoms with van der Waals surface area (Å²) in [6.07, 6.45) is 8.40. The fourth-order valence-electron chi connectivity index (χ4n) is 3.15. The summed E-state index contributed by atoms with van der Waals surface area (Å²) in [7, 11) is 0. The van der Waals surface area contributed by atoms with Crippen LogP contribution in [0.3, 0.4) is 0 Å². The number of unbranched alkanes of at least 4 members (excludes halogenated alkanes) is 6. The number of hydrogen-bond donors (Lipinski definition) is 3. The van der Waals surface area contributed by atoms with Gasteiger partial charge in [-0.3, -0.25) is 19.6 Å². The van der Waals surface area contributed by atoms with Crippen LogP contribution in [0.2, 0.25) is 0 Å². The Balaban J connectivity index is 4.01. The summed E-state index contributed by atoms with van der Waals surface area (Å²) in [4.78, 5) is 47.7. The summed E-state index contributed by atoms with van der Waals surface area (Å²) in [5.41, 5.74) is -0.776. The monoisotopic (exact) mass is 472 g/mol. The molecule has 0 rings (SSSR count). The number of hydrogen-bond acceptors (Lipinski definition) is 7. The molecule has 0 fully saturated rings. The Morgan fingerprint density at radius 2 is 1.33 bits per heavy atom. The molecule has 1 atom stereocenters. The van der Waals surface area contributed by atoms with Gasteiger partial charge in [0, 0.05) is 25.7 Å². The minimum absolute atomic E-state index is 0.0247. The number of aliphatic hydroxyl groups excluding tert-OH is 1. The van der Waals surface area contributed by atoms with Crippen molar-refractivity contribution in [1.82, 2.24) is 10.4 Å². The summed E-state index contributed by atoms with van der Waals surface area (Å²) in [5, 5.41) is 21.8. The van der Waals surface area contributed by atoms with Gasteiger partial charge < -0.3 is 15.2 Å². The first-order valence-corrected chi connectivity index (χ1v) is 12.1. The third kappa shape index (κ3) is 17.2. The highest BCUT2D eigenvalue weighted by molar-refractivity contribution is 5.85. The van der Waals surface area contributed by atoms with Crippen molar-refractivity contribution in [2.75, 3.05) is 13.2 Å². The molecule has 2 amide bonds. The Bertz CT molecular complexity index is 602. The normalized spacial score (nSPS) is 12.2. The van der Waals surface area contributed by atoms with Gasteiger partial charge in [-0.05, 0) is 40.0 Å². The van der Waals surface area contributed by atoms with Crippen LogP contribution in [0.5, 0.6) is 0 Å². The highest BCUT2D eigenvalue weighted by atomic mass is 16.6. The average Bonchev–Trinajstić information content (AvgIpc) is 2.73. The van der Waals surface area contributed by atoms with Crippen LogP contribution in [-0.4, -0.2) is 63.7 Å². The quantitative estimate of drug-likeness (QED) is 0.156. The first-order valence-electron chi connectivity index (χ1n) is 12.1. The van der Waals surface area contributed by atoms with Gasteiger partial charge in [-0.1, -0.05) is 39.0 Å². The number of alkyl carbamates (subject to hydrolysis) is 1. The van der Waals surface area contributed by atoms with Crippen molar-refractivity contribution in [3.63, 3.8) is 0 Å². The van der Waals surface area contributed by atoms with Crippen LogP contribution in [0.1, 0.15) is 105 Å². The lowest BCUT2D eigenvalue weighted by Gasteiger charge is -2.24. The number of carbonyl (C=O) groups is 4. The molecule has 0 radical (unpaired) electrons. The molecule has 0 aliphatic heterocycles. The molecule has 0 heterocycles. The van der Waals surface area contributed by atoms with E-state index in [0.29, 0.717) is 36.5 Å². The number of Topliss-reactive ketones (excluding diaryl/α,β-unsaturated/α-hetero) is 2. The van der Waals surface area contributed by atoms with Crippen LogP contribution in [0.25, 0.3) is 0 Å². The summed E-state index contributed by atoms with van der Waals surface area (Å²) in [6, 6.07) is -1.37. The fourth-order valence-corrected chi connectivity index (χ4v) is 3.15. The van der Waals surface area contributed by atoms with Gasteiger partial charge in [0.05, 0.1) is 13.2 Å². The first-order chi connectivity index (χ1) is 15.5. The first kappa shape index (κ1) is 31.0. The smallest absolute Gasteiger partial charge is 0.408 e. The predicted molar refractivity (Wildman–Crippen MR) is 125 cm³/mol. The number of carbonyl (C=O) groups excluding carboxylic acids is 4. The van der Waals surface area contributed by atoms with Gasteiger partial charge in [0.25, 0.3) is 5.91 Å². The largest absolute Gasteiger partial charge is 0.444 e. The molecule has 33 heavy (non-hydrogen) atoms. The molecule has 0 aromatic heterocycles. The Morgan fingerprint density at radius 1 is 0.848 bits per heavy atom. The third-order valence-electron chi connectivity index (χ3n) is 5.00. The second kappa shape index (κ2) is 17.5. The zero-order valence-electron chi connectivity index (χ0n) is 20.9. The lowest BCUT2D eigenvalue weighted by Crippen LogP contribution is -2.51. The Morgan fingerprint density at radius 3 is 1.79 bits per heavy atom. The summed E-state index contributed by atoms with van der Waals surface area (Å²) in [5.74, 6) is -0.692. The van der Waals surface area contributed by atoms with Crippen LogP contribution in [-0.2, 0) is 19.1 Å². The molecule has 3 N–H and O–H groups in total. The lowest BCUT2D eigenvalue weighted by molar-refractivity contribution is -0.169. The highest BCUT2D eigenvalue weighted by Gasteiger charge is 2.27. The van der Waals surface area contributed by atoms with Crippen molar-refractivity contribution in [2.45, 2.75) is 116 Å². The number of nitrogens with zero attached hydrogens (tertiary/aromatic N) is 1. The zero-order valence-corrected chi connectivity index (χ0v) is 20.9. The molecule has 0 aromatic carbocycles. The van der Waals surface area contributed by atoms with E-state index in [2.05, 4.69) is 12.2 Å². The van der Waals surface area contributed by atoms with Crippen molar-refractivity contribution < 1.29 is 34.2 Å². The minimum atomic E-state index is -1.37. The van der Waals surface area contributed by atoms with E-state index in [0.717, 1.165) is 38.5 Å². The third-order valence-corrected chi connectivity index (χ3v) is 5.00. The number of rotatable bonds is 18. The Labute approximate surface area is 198 Å². The molecule has 0 aliphatic carbocycles. The van der Waals surface area contributed by atoms with E-state index in [-0.39, 0.29) is 18.7 Å². The van der Waals surface area contributed by atoms with Crippen molar-refractivity contribution >= 4 is 23.6 Å². The maximum Gasteiger partial charge on any atom is 0.408 e. The molecular formula is C24H44N2O7. The molecule has 0 unspecified atom stereocenters. The van der Waals surface area contributed by atoms with E-state index < -0.39 is 30.3 Å². The topological polar surface area (TPSA) is 133 Å². The average molecular weight is 473 g/mol. The number of amides is 2. The highest BCUT2D eigenvalue weighted by Crippen LogP contribution is 2.11. The standard InChI is InChI=1S/C24H44N2O7/c1-5-6-7-10-13-19(28)14-11-8-9-12-15-20(29)16-17-26(32)22(30)21(18-27)25-23(31)33-24(2,3)4/h21,27,32H,5-18H2,1-4H3,(H,25,31)/t21-/m0/s1. The van der Waals surface area contributed by atoms with E-state index in [9.17, 15) is 29.5 Å². The van der Waals surface area contributed by atoms with Crippen molar-refractivity contribution in [1.29, 1.82) is 0 Å². The molecule has 0 saturated carbocycles. The van der Waals surface area contributed by atoms with Gasteiger partial charge >= 0.3 is 6.09 Å². The Kier molecular flexibility index (Phi) is 16.4. The SMILES string of the molecule is CCCCCCC(=O)CCCCCCC(=O)CCN(O)C(=O)[C@H](CO)NC(=O)OC(C)(C)C. The summed E-state index contributed by atoms with van der Waals surface area (Å²) >= 11 is 0. The van der Waals surface area contributed by atoms with Gasteiger partial charge in [-0.25, -0.2) is 9.86 Å². The second-order valence-corrected chi connectivity index (χ2v) is 9.39. The zero-order chi connectivity index (χ0) is 25.3. The van der Waals surface area contributed by atoms with Crippen LogP contribution in [0.15, 0.2) is 0 Å². The Hall–Kier alpha value is -2.00. The number of ether oxygens (including phenoxy) is 1. The van der Waals surface area contributed by atoms with E-state index in [1.165, 1.54) is 6.42 Å². The van der Waals surface area contributed by atoms with Gasteiger partial charge in [0.1, 0.15) is 23.2 Å². The van der Waals surface area contributed by atoms with E-state index >= 15 is 0 Å². The van der Waals surface area contributed by atoms with Crippen LogP contribution >= 0.6 is 0 Å². The fraction of sp³-hybridized carbons (Fsp3) is 0.833. The van der Waals surface area contributed by atoms with Gasteiger partial charge in [0.2, 0.25) is 0 Å². The van der Waals surface area contributed by atoms with Gasteiger partial charge in [-0.2, -0.15) is 0 Å². The molecule has 0 aliphatic rings. The molecule has 9 nitrogen and oxygen atoms in total. The molecule has 9 heteroatoms. The van der Waals surface area contributed by atoms with Crippen LogP contribution in [0.4, 0.5) is 4.79 Å². The van der Waals surface area contributed by atoms with Crippen LogP contribution in [0, 0.1) is 0 Å². The maximum atomic E-state index is 12.2. The molecule has 0 saturated heterocycles. The van der Waals surface area contributed by atoms with Gasteiger partial charge in [-0.15, -0.1) is 0 Å². The van der Waals surface area contributed by atoms with E-state index in [1.54, 1.807) is 20.8 Å². The number of hydroxylamine groups is 2. The van der Waals surface area contributed by atoms with Crippen molar-refractivity contribution in [2.24, 2.45) is 0 Å². The number of aliphatic hydroxyl groups is 1. The molecule has 192 valence electrons. The minimum Gasteiger partial charge on any atom is -0.444 e. The number of ketones is 2. The van der Waals surface area contributed by atoms with E-state index in [4.69, 9.17) is 4.74 Å². The summed E-state index contributed by atoms with van der Waals surface area (Å²) < 4.78 is 5.02.